The van der Waals surface area contributed by atoms with Crippen LogP contribution in [0.4, 0.5) is 5.69 Å². The minimum absolute atomic E-state index is 0.152. The highest BCUT2D eigenvalue weighted by atomic mass is 32.2. The molecule has 1 rings (SSSR count). The highest BCUT2D eigenvalue weighted by Crippen LogP contribution is 2.23. The fourth-order valence-corrected chi connectivity index (χ4v) is 2.00. The molecule has 0 aromatic heterocycles. The molecule has 0 radical (unpaired) electrons. The molecule has 1 N–H and O–H groups in total. The Labute approximate surface area is 111 Å². The molecule has 0 aliphatic carbocycles. The molecule has 0 bridgehead atoms. The normalized spacial score (nSPS) is 11.9. The summed E-state index contributed by atoms with van der Waals surface area (Å²) in [5.41, 5.74) is 0.738. The predicted molar refractivity (Wildman–Crippen MR) is 73.0 cm³/mol. The molecule has 5 heteroatoms. The molecular weight excluding hydrogens is 250 g/mol. The molecule has 1 atom stereocenters. The van der Waals surface area contributed by atoms with E-state index in [1.54, 1.807) is 18.7 Å². The number of rotatable bonds is 5. The summed E-state index contributed by atoms with van der Waals surface area (Å²) in [4.78, 5) is 25.0. The Morgan fingerprint density at radius 2 is 2.11 bits per heavy atom. The number of carbonyl (C=O) groups is 2. The smallest absolute Gasteiger partial charge is 0.308 e. The average Bonchev–Trinajstić information content (AvgIpc) is 2.35. The lowest BCUT2D eigenvalue weighted by Gasteiger charge is -2.23. The van der Waals surface area contributed by atoms with E-state index in [0.717, 1.165) is 10.6 Å². The Bertz CT molecular complexity index is 448. The van der Waals surface area contributed by atoms with Crippen molar-refractivity contribution >= 4 is 29.3 Å². The van der Waals surface area contributed by atoms with Gasteiger partial charge in [0, 0.05) is 24.1 Å². The van der Waals surface area contributed by atoms with E-state index in [1.165, 1.54) is 11.8 Å². The van der Waals surface area contributed by atoms with E-state index < -0.39 is 11.9 Å². The zero-order chi connectivity index (χ0) is 13.7. The van der Waals surface area contributed by atoms with Crippen molar-refractivity contribution in [3.63, 3.8) is 0 Å². The molecular formula is C13H17NO3S. The monoisotopic (exact) mass is 267 g/mol. The van der Waals surface area contributed by atoms with Gasteiger partial charge in [0.05, 0.1) is 5.92 Å². The van der Waals surface area contributed by atoms with Crippen molar-refractivity contribution in [2.45, 2.75) is 18.7 Å². The van der Waals surface area contributed by atoms with Crippen LogP contribution in [-0.2, 0) is 9.59 Å². The van der Waals surface area contributed by atoms with Crippen LogP contribution in [0.1, 0.15) is 13.8 Å². The van der Waals surface area contributed by atoms with E-state index in [9.17, 15) is 9.59 Å². The van der Waals surface area contributed by atoms with Gasteiger partial charge in [-0.25, -0.2) is 0 Å². The van der Waals surface area contributed by atoms with E-state index in [4.69, 9.17) is 5.11 Å². The number of carbonyl (C=O) groups excluding carboxylic acids is 1. The lowest BCUT2D eigenvalue weighted by molar-refractivity contribution is -0.140. The zero-order valence-corrected chi connectivity index (χ0v) is 11.5. The van der Waals surface area contributed by atoms with Crippen molar-refractivity contribution in [1.82, 2.24) is 0 Å². The van der Waals surface area contributed by atoms with Crippen LogP contribution in [0.25, 0.3) is 0 Å². The number of carboxylic acid groups (broad SMARTS) is 1. The van der Waals surface area contributed by atoms with Crippen LogP contribution in [0.5, 0.6) is 0 Å². The third-order valence-electron chi connectivity index (χ3n) is 2.62. The molecule has 0 heterocycles. The zero-order valence-electron chi connectivity index (χ0n) is 10.7. The number of hydrogen-bond acceptors (Lipinski definition) is 3. The molecule has 0 spiro atoms. The van der Waals surface area contributed by atoms with Gasteiger partial charge in [0.25, 0.3) is 0 Å². The molecule has 0 saturated carbocycles. The first-order chi connectivity index (χ1) is 8.45. The van der Waals surface area contributed by atoms with Gasteiger partial charge in [-0.05, 0) is 24.5 Å². The van der Waals surface area contributed by atoms with Gasteiger partial charge in [-0.15, -0.1) is 11.8 Å². The van der Waals surface area contributed by atoms with E-state index in [2.05, 4.69) is 0 Å². The Morgan fingerprint density at radius 1 is 1.44 bits per heavy atom. The third-order valence-corrected chi connectivity index (χ3v) is 3.35. The summed E-state index contributed by atoms with van der Waals surface area (Å²) in [7, 11) is 0. The molecule has 0 aliphatic rings. The average molecular weight is 267 g/mol. The van der Waals surface area contributed by atoms with Gasteiger partial charge in [-0.1, -0.05) is 13.0 Å². The quantitative estimate of drug-likeness (QED) is 0.833. The molecule has 1 aromatic carbocycles. The van der Waals surface area contributed by atoms with Gasteiger partial charge in [-0.2, -0.15) is 0 Å². The van der Waals surface area contributed by atoms with Crippen LogP contribution in [0, 0.1) is 5.92 Å². The summed E-state index contributed by atoms with van der Waals surface area (Å²) in [5.74, 6) is -1.64. The van der Waals surface area contributed by atoms with Crippen LogP contribution in [0.15, 0.2) is 29.2 Å². The summed E-state index contributed by atoms with van der Waals surface area (Å²) in [6.07, 6.45) is 1.96. The number of benzene rings is 1. The molecule has 0 aliphatic heterocycles. The number of thioether (sulfide) groups is 1. The summed E-state index contributed by atoms with van der Waals surface area (Å²) in [6, 6.07) is 7.52. The van der Waals surface area contributed by atoms with Gasteiger partial charge in [0.2, 0.25) is 5.91 Å². The number of anilines is 1. The Balaban J connectivity index is 2.97. The van der Waals surface area contributed by atoms with Crippen molar-refractivity contribution < 1.29 is 14.7 Å². The fourth-order valence-electron chi connectivity index (χ4n) is 1.55. The first kappa shape index (κ1) is 14.6. The molecule has 0 fully saturated rings. The summed E-state index contributed by atoms with van der Waals surface area (Å²) >= 11 is 1.58. The van der Waals surface area contributed by atoms with Gasteiger partial charge in [0.15, 0.2) is 0 Å². The maximum absolute atomic E-state index is 11.6. The Hall–Kier alpha value is -1.49. The first-order valence-corrected chi connectivity index (χ1v) is 6.83. The number of nitrogens with zero attached hydrogens (tertiary/aromatic N) is 1. The number of amides is 1. The second-order valence-corrected chi connectivity index (χ2v) is 4.95. The van der Waals surface area contributed by atoms with E-state index in [1.807, 2.05) is 30.5 Å². The van der Waals surface area contributed by atoms with Crippen molar-refractivity contribution in [2.24, 2.45) is 5.92 Å². The molecule has 18 heavy (non-hydrogen) atoms. The predicted octanol–water partition coefficient (Wildman–Crippen LogP) is 2.48. The van der Waals surface area contributed by atoms with Crippen molar-refractivity contribution in [2.75, 3.05) is 17.7 Å². The lowest BCUT2D eigenvalue weighted by Crippen LogP contribution is -2.35. The van der Waals surface area contributed by atoms with Crippen LogP contribution in [0.2, 0.25) is 0 Å². The first-order valence-electron chi connectivity index (χ1n) is 5.60. The van der Waals surface area contributed by atoms with Gasteiger partial charge >= 0.3 is 5.97 Å². The van der Waals surface area contributed by atoms with Gasteiger partial charge in [0.1, 0.15) is 0 Å². The highest BCUT2D eigenvalue weighted by Gasteiger charge is 2.19. The third kappa shape index (κ3) is 3.77. The maximum atomic E-state index is 11.6. The van der Waals surface area contributed by atoms with Crippen molar-refractivity contribution in [3.05, 3.63) is 24.3 Å². The molecule has 98 valence electrons. The lowest BCUT2D eigenvalue weighted by atomic mass is 10.1. The van der Waals surface area contributed by atoms with Crippen molar-refractivity contribution in [3.8, 4) is 0 Å². The van der Waals surface area contributed by atoms with Crippen LogP contribution < -0.4 is 4.90 Å². The van der Waals surface area contributed by atoms with Crippen LogP contribution in [0.3, 0.4) is 0 Å². The van der Waals surface area contributed by atoms with E-state index in [-0.39, 0.29) is 12.5 Å². The van der Waals surface area contributed by atoms with Gasteiger partial charge < -0.3 is 10.0 Å². The van der Waals surface area contributed by atoms with Gasteiger partial charge in [-0.3, -0.25) is 9.59 Å². The summed E-state index contributed by atoms with van der Waals surface area (Å²) < 4.78 is 0. The Kier molecular flexibility index (Phi) is 5.22. The minimum atomic E-state index is -0.901. The van der Waals surface area contributed by atoms with Crippen LogP contribution >= 0.6 is 11.8 Å². The molecule has 4 nitrogen and oxygen atoms in total. The molecule has 1 unspecified atom stereocenters. The largest absolute Gasteiger partial charge is 0.481 e. The van der Waals surface area contributed by atoms with Crippen LogP contribution in [-0.4, -0.2) is 29.8 Å². The molecule has 1 aromatic rings. The Morgan fingerprint density at radius 3 is 2.61 bits per heavy atom. The SMILES string of the molecule is CSc1cccc(N(CC(C)C(=O)O)C(C)=O)c1. The summed E-state index contributed by atoms with van der Waals surface area (Å²) in [6.45, 7) is 3.22. The second-order valence-electron chi connectivity index (χ2n) is 4.07. The molecule has 0 saturated heterocycles. The highest BCUT2D eigenvalue weighted by molar-refractivity contribution is 7.98. The topological polar surface area (TPSA) is 57.6 Å². The van der Waals surface area contributed by atoms with Crippen molar-refractivity contribution in [1.29, 1.82) is 0 Å². The second kappa shape index (κ2) is 6.44. The maximum Gasteiger partial charge on any atom is 0.308 e. The fraction of sp³-hybridized carbons (Fsp3) is 0.385. The van der Waals surface area contributed by atoms with E-state index >= 15 is 0 Å². The number of aliphatic carboxylic acids is 1. The standard InChI is InChI=1S/C13H17NO3S/c1-9(13(16)17)8-14(10(2)15)11-5-4-6-12(7-11)18-3/h4-7,9H,8H2,1-3H3,(H,16,17). The molecule has 1 amide bonds. The van der Waals surface area contributed by atoms with E-state index in [0.29, 0.717) is 0 Å². The number of carboxylic acids is 1. The number of hydrogen-bond donors (Lipinski definition) is 1. The summed E-state index contributed by atoms with van der Waals surface area (Å²) in [5, 5.41) is 8.92. The minimum Gasteiger partial charge on any atom is -0.481 e.